The van der Waals surface area contributed by atoms with E-state index in [4.69, 9.17) is 14.4 Å². The number of rotatable bonds is 2. The van der Waals surface area contributed by atoms with Crippen LogP contribution in [0.15, 0.2) is 21.7 Å². The predicted octanol–water partition coefficient (Wildman–Crippen LogP) is 1.75. The summed E-state index contributed by atoms with van der Waals surface area (Å²) in [4.78, 5) is 22.5. The summed E-state index contributed by atoms with van der Waals surface area (Å²) >= 11 is 3.57. The van der Waals surface area contributed by atoms with Crippen LogP contribution in [-0.4, -0.2) is 20.4 Å². The van der Waals surface area contributed by atoms with Gasteiger partial charge in [0.15, 0.2) is 0 Å². The van der Waals surface area contributed by atoms with E-state index < -0.39 is 0 Å². The Morgan fingerprint density at radius 3 is 1.88 bits per heavy atom. The Balaban J connectivity index is -0.000000245. The second-order valence-electron chi connectivity index (χ2n) is 2.72. The van der Waals surface area contributed by atoms with Crippen molar-refractivity contribution >= 4 is 20.4 Å². The molecule has 0 aromatic rings. The van der Waals surface area contributed by atoms with Crippen LogP contribution in [0.5, 0.6) is 0 Å². The molecule has 3 nitrogen and oxygen atoms in total. The van der Waals surface area contributed by atoms with Crippen LogP contribution in [0.4, 0.5) is 0 Å². The van der Waals surface area contributed by atoms with Crippen LogP contribution in [0.2, 0.25) is 0 Å². The van der Waals surface area contributed by atoms with Gasteiger partial charge >= 0.3 is 70.8 Å². The normalized spacial score (nSPS) is 12.1. The molecule has 0 unspecified atom stereocenters. The minimum absolute atomic E-state index is 1.11. The number of hydrogen-bond donors (Lipinski definition) is 0. The summed E-state index contributed by atoms with van der Waals surface area (Å²) in [7, 11) is 0. The summed E-state index contributed by atoms with van der Waals surface area (Å²) in [5, 5.41) is 0. The average molecular weight is 260 g/mol. The van der Waals surface area contributed by atoms with Gasteiger partial charge in [0.1, 0.15) is 0 Å². The zero-order chi connectivity index (χ0) is 13.6. The summed E-state index contributed by atoms with van der Waals surface area (Å²) in [6.45, 7) is 17.9. The Bertz CT molecular complexity index is 230. The van der Waals surface area contributed by atoms with Crippen molar-refractivity contribution in [1.82, 2.24) is 0 Å². The summed E-state index contributed by atoms with van der Waals surface area (Å²) in [5.41, 5.74) is 3.00. The van der Waals surface area contributed by atoms with Gasteiger partial charge in [0.2, 0.25) is 0 Å². The van der Waals surface area contributed by atoms with Crippen LogP contribution < -0.4 is 0 Å². The molecule has 0 saturated carbocycles. The Kier molecular flexibility index (Phi) is 21.0. The maximum absolute atomic E-state index is 7.50. The van der Waals surface area contributed by atoms with E-state index in [0.29, 0.717) is 0 Å². The van der Waals surface area contributed by atoms with E-state index in [-0.39, 0.29) is 0 Å². The summed E-state index contributed by atoms with van der Waals surface area (Å²) in [6, 6.07) is 0. The molecule has 0 heterocycles. The number of hydrogen-bond acceptors (Lipinski definition) is 3. The molecule has 1 aliphatic carbocycles. The molecule has 0 spiro atoms. The van der Waals surface area contributed by atoms with Gasteiger partial charge < -0.3 is 0 Å². The summed E-state index contributed by atoms with van der Waals surface area (Å²) < 4.78 is 1.40. The third-order valence-electron chi connectivity index (χ3n) is 1.89. The summed E-state index contributed by atoms with van der Waals surface area (Å²) in [5.74, 6) is 0. The van der Waals surface area contributed by atoms with Crippen molar-refractivity contribution in [1.29, 1.82) is 0 Å². The fourth-order valence-corrected chi connectivity index (χ4v) is 1.79. The topological polar surface area (TPSA) is 51.2 Å². The standard InChI is InChI=1S/C9H13.3CO.Mn/c1-3-5-9-7-4-6-8(9)2;3*1-2;/h6H,3-5H2,1-2H3;;;;. The minimum Gasteiger partial charge on any atom is -0.281 e. The largest absolute Gasteiger partial charge is 0.281 e. The molecule has 0 amide bonds. The van der Waals surface area contributed by atoms with E-state index in [1.54, 1.807) is 0 Å². The van der Waals surface area contributed by atoms with Crippen molar-refractivity contribution in [3.8, 4) is 0 Å². The van der Waals surface area contributed by atoms with Crippen LogP contribution in [0.25, 0.3) is 0 Å². The second kappa shape index (κ2) is 16.4. The first-order chi connectivity index (χ1) is 7.75. The van der Waals surface area contributed by atoms with Crippen molar-refractivity contribution in [3.05, 3.63) is 21.7 Å². The van der Waals surface area contributed by atoms with E-state index in [1.807, 2.05) is 0 Å². The molecule has 16 heavy (non-hydrogen) atoms. The fraction of sp³-hybridized carbons (Fsp3) is 0.417. The Labute approximate surface area is 106 Å². The van der Waals surface area contributed by atoms with E-state index in [1.165, 1.54) is 28.5 Å². The molecule has 0 fully saturated rings. The second-order valence-corrected chi connectivity index (χ2v) is 3.44. The molecule has 1 aliphatic rings. The molecule has 0 aromatic heterocycles. The van der Waals surface area contributed by atoms with Gasteiger partial charge in [-0.1, -0.05) is 0 Å². The third kappa shape index (κ3) is 8.33. The molecule has 0 aliphatic heterocycles. The van der Waals surface area contributed by atoms with Crippen LogP contribution in [0.3, 0.4) is 0 Å². The third-order valence-corrected chi connectivity index (χ3v) is 2.49. The zero-order valence-electron chi connectivity index (χ0n) is 9.30. The van der Waals surface area contributed by atoms with Gasteiger partial charge in [-0.2, -0.15) is 0 Å². The summed E-state index contributed by atoms with van der Waals surface area (Å²) in [6.07, 6.45) is 5.87. The maximum atomic E-state index is 7.50. The molecule has 0 saturated heterocycles. The van der Waals surface area contributed by atoms with Crippen molar-refractivity contribution in [3.63, 3.8) is 0 Å². The van der Waals surface area contributed by atoms with Crippen LogP contribution in [0, 0.1) is 0 Å². The van der Waals surface area contributed by atoms with Crippen LogP contribution in [-0.2, 0) is 30.4 Å². The van der Waals surface area contributed by atoms with Gasteiger partial charge in [-0.3, -0.25) is 14.4 Å². The van der Waals surface area contributed by atoms with Gasteiger partial charge in [0.25, 0.3) is 20.4 Å². The Hall–Kier alpha value is -0.991. The first-order valence-electron chi connectivity index (χ1n) is 4.41. The van der Waals surface area contributed by atoms with Gasteiger partial charge in [0, 0.05) is 0 Å². The molecule has 1 rings (SSSR count). The van der Waals surface area contributed by atoms with E-state index in [0.717, 1.165) is 6.42 Å². The smallest absolute Gasteiger partial charge is 0.281 e. The van der Waals surface area contributed by atoms with Gasteiger partial charge in [-0.15, -0.1) is 0 Å². The van der Waals surface area contributed by atoms with E-state index >= 15 is 0 Å². The minimum atomic E-state index is 1.11. The predicted molar refractivity (Wildman–Crippen MR) is 57.4 cm³/mol. The quantitative estimate of drug-likeness (QED) is 0.711. The van der Waals surface area contributed by atoms with Crippen molar-refractivity contribution in [2.45, 2.75) is 33.1 Å². The van der Waals surface area contributed by atoms with Gasteiger partial charge in [-0.05, 0) is 0 Å². The molecular formula is C12H13MnO3. The van der Waals surface area contributed by atoms with Crippen LogP contribution >= 0.6 is 0 Å². The van der Waals surface area contributed by atoms with E-state index in [9.17, 15) is 0 Å². The number of allylic oxidation sites excluding steroid dienone is 4. The monoisotopic (exact) mass is 260 g/mol. The Morgan fingerprint density at radius 2 is 1.62 bits per heavy atom. The molecule has 6 radical (unpaired) electrons. The molecule has 0 bridgehead atoms. The number of carbonyl (C=O) groups excluding carboxylic acids is 3. The maximum Gasteiger partial charge on any atom is 0.281 e. The molecule has 86 valence electrons. The van der Waals surface area contributed by atoms with Crippen molar-refractivity contribution in [2.24, 2.45) is 0 Å². The Morgan fingerprint density at radius 1 is 1.19 bits per heavy atom. The molecule has 0 aromatic carbocycles. The van der Waals surface area contributed by atoms with E-state index in [2.05, 4.69) is 56.3 Å². The molecule has 0 atom stereocenters. The zero-order valence-corrected chi connectivity index (χ0v) is 10.5. The van der Waals surface area contributed by atoms with Gasteiger partial charge in [0.05, 0.1) is 0 Å². The average Bonchev–Trinajstić information content (AvgIpc) is 2.69. The molecular weight excluding hydrogens is 247 g/mol. The first-order valence-corrected chi connectivity index (χ1v) is 5.00. The molecule has 0 N–H and O–H groups in total. The van der Waals surface area contributed by atoms with Crippen LogP contribution in [0.1, 0.15) is 33.1 Å². The fourth-order valence-electron chi connectivity index (χ4n) is 1.29. The molecule has 4 heteroatoms. The SMILES string of the molecule is CCCC1=[C]([Mn])CC=C1C.[C]=O.[C]=O.[C]=O. The van der Waals surface area contributed by atoms with Gasteiger partial charge in [-0.25, -0.2) is 0 Å². The van der Waals surface area contributed by atoms with Crippen molar-refractivity contribution < 1.29 is 30.4 Å². The first kappa shape index (κ1) is 20.4. The van der Waals surface area contributed by atoms with Crippen molar-refractivity contribution in [2.75, 3.05) is 0 Å².